The van der Waals surface area contributed by atoms with Gasteiger partial charge < -0.3 is 29.7 Å². The minimum Gasteiger partial charge on any atom is -0.493 e. The van der Waals surface area contributed by atoms with Crippen LogP contribution < -0.4 is 20.1 Å². The maximum Gasteiger partial charge on any atom is 0.409 e. The van der Waals surface area contributed by atoms with Gasteiger partial charge in [-0.15, -0.1) is 12.4 Å². The average Bonchev–Trinajstić information content (AvgIpc) is 2.72. The second-order valence-corrected chi connectivity index (χ2v) is 6.69. The van der Waals surface area contributed by atoms with Gasteiger partial charge in [0.2, 0.25) is 5.95 Å². The molecule has 1 aliphatic heterocycles. The second kappa shape index (κ2) is 9.69. The van der Waals surface area contributed by atoms with Crippen molar-refractivity contribution in [2.45, 2.75) is 25.8 Å². The summed E-state index contributed by atoms with van der Waals surface area (Å²) in [6.07, 6.45) is 1.51. The van der Waals surface area contributed by atoms with Crippen LogP contribution in [0.1, 0.15) is 19.8 Å². The Morgan fingerprint density at radius 3 is 2.62 bits per heavy atom. The highest BCUT2D eigenvalue weighted by molar-refractivity contribution is 5.91. The fourth-order valence-electron chi connectivity index (χ4n) is 3.43. The normalized spacial score (nSPS) is 16.1. The molecule has 1 amide bonds. The van der Waals surface area contributed by atoms with Crippen molar-refractivity contribution in [3.8, 4) is 11.5 Å². The van der Waals surface area contributed by atoms with Crippen molar-refractivity contribution in [1.29, 1.82) is 0 Å². The molecule has 1 saturated heterocycles. The molecule has 0 saturated carbocycles. The molecule has 0 radical (unpaired) electrons. The fourth-order valence-corrected chi connectivity index (χ4v) is 3.43. The maximum atomic E-state index is 12.1. The molecular weight excluding hydrogens is 398 g/mol. The number of fused-ring (bicyclic) bond motifs is 1. The zero-order valence-corrected chi connectivity index (χ0v) is 18.0. The van der Waals surface area contributed by atoms with Crippen LogP contribution in [0, 0.1) is 0 Å². The number of rotatable bonds is 5. The number of aromatic nitrogens is 2. The van der Waals surface area contributed by atoms with Crippen LogP contribution in [0.2, 0.25) is 0 Å². The molecule has 2 aromatic rings. The standard InChI is InChI=1S/C19H27N5O4.ClH/c1-5-28-19(25)23(2)12-7-6-8-24(11-12)18-21-14-10-16(27-4)15(26-3)9-13(14)17(20)22-18;/h9-10,12H,5-8,11H2,1-4H3,(H2,20,21,22);1H. The van der Waals surface area contributed by atoms with E-state index in [4.69, 9.17) is 19.9 Å². The van der Waals surface area contributed by atoms with Crippen LogP contribution in [0.3, 0.4) is 0 Å². The van der Waals surface area contributed by atoms with E-state index in [1.54, 1.807) is 45.2 Å². The predicted octanol–water partition coefficient (Wildman–Crippen LogP) is 2.71. The highest BCUT2D eigenvalue weighted by atomic mass is 35.5. The van der Waals surface area contributed by atoms with E-state index in [9.17, 15) is 4.79 Å². The third-order valence-electron chi connectivity index (χ3n) is 5.00. The summed E-state index contributed by atoms with van der Waals surface area (Å²) in [5, 5.41) is 0.707. The van der Waals surface area contributed by atoms with Crippen LogP contribution in [-0.2, 0) is 4.74 Å². The first kappa shape index (κ1) is 22.6. The lowest BCUT2D eigenvalue weighted by Gasteiger charge is -2.37. The molecule has 29 heavy (non-hydrogen) atoms. The molecule has 2 heterocycles. The van der Waals surface area contributed by atoms with Crippen LogP contribution in [0.5, 0.6) is 11.5 Å². The third kappa shape index (κ3) is 4.67. The molecule has 160 valence electrons. The van der Waals surface area contributed by atoms with Gasteiger partial charge in [-0.1, -0.05) is 0 Å². The van der Waals surface area contributed by atoms with Crippen LogP contribution in [0.15, 0.2) is 12.1 Å². The topological polar surface area (TPSA) is 103 Å². The minimum absolute atomic E-state index is 0. The number of methoxy groups -OCH3 is 2. The van der Waals surface area contributed by atoms with E-state index in [-0.39, 0.29) is 24.5 Å². The quantitative estimate of drug-likeness (QED) is 0.779. The molecule has 0 aliphatic carbocycles. The Morgan fingerprint density at radius 2 is 1.97 bits per heavy atom. The van der Waals surface area contributed by atoms with Crippen molar-refractivity contribution in [3.63, 3.8) is 0 Å². The zero-order valence-electron chi connectivity index (χ0n) is 17.2. The summed E-state index contributed by atoms with van der Waals surface area (Å²) in [5.41, 5.74) is 6.88. The molecule has 0 bridgehead atoms. The SMILES string of the molecule is CCOC(=O)N(C)C1CCCN(c2nc(N)c3cc(OC)c(OC)cc3n2)C1.Cl. The number of piperidine rings is 1. The number of amides is 1. The molecule has 3 rings (SSSR count). The monoisotopic (exact) mass is 425 g/mol. The van der Waals surface area contributed by atoms with Gasteiger partial charge in [-0.05, 0) is 25.8 Å². The largest absolute Gasteiger partial charge is 0.493 e. The van der Waals surface area contributed by atoms with Gasteiger partial charge in [0, 0.05) is 31.6 Å². The molecule has 1 aliphatic rings. The molecule has 2 N–H and O–H groups in total. The number of nitrogens with zero attached hydrogens (tertiary/aromatic N) is 4. The lowest BCUT2D eigenvalue weighted by Crippen LogP contribution is -2.49. The van der Waals surface area contributed by atoms with Crippen LogP contribution in [0.4, 0.5) is 16.6 Å². The van der Waals surface area contributed by atoms with E-state index in [1.165, 1.54) is 0 Å². The summed E-state index contributed by atoms with van der Waals surface area (Å²) in [6, 6.07) is 3.60. The van der Waals surface area contributed by atoms with Gasteiger partial charge in [0.05, 0.1) is 32.4 Å². The average molecular weight is 426 g/mol. The molecule has 1 aromatic carbocycles. The molecular formula is C19H28ClN5O4. The van der Waals surface area contributed by atoms with Crippen molar-refractivity contribution in [1.82, 2.24) is 14.9 Å². The van der Waals surface area contributed by atoms with Crippen LogP contribution >= 0.6 is 12.4 Å². The van der Waals surface area contributed by atoms with Crippen molar-refractivity contribution in [2.24, 2.45) is 0 Å². The number of nitrogen functional groups attached to an aromatic ring is 1. The number of hydrogen-bond acceptors (Lipinski definition) is 8. The molecule has 1 atom stereocenters. The molecule has 10 heteroatoms. The summed E-state index contributed by atoms with van der Waals surface area (Å²) in [4.78, 5) is 24.9. The summed E-state index contributed by atoms with van der Waals surface area (Å²) in [5.74, 6) is 2.07. The minimum atomic E-state index is -0.315. The first-order valence-corrected chi connectivity index (χ1v) is 9.32. The Kier molecular flexibility index (Phi) is 7.55. The highest BCUT2D eigenvalue weighted by Crippen LogP contribution is 2.34. The van der Waals surface area contributed by atoms with Gasteiger partial charge >= 0.3 is 6.09 Å². The molecule has 9 nitrogen and oxygen atoms in total. The van der Waals surface area contributed by atoms with Crippen LogP contribution in [-0.4, -0.2) is 68.0 Å². The Bertz CT molecular complexity index is 866. The first-order valence-electron chi connectivity index (χ1n) is 9.32. The van der Waals surface area contributed by atoms with E-state index in [1.807, 2.05) is 0 Å². The van der Waals surface area contributed by atoms with E-state index >= 15 is 0 Å². The number of anilines is 2. The number of carbonyl (C=O) groups excluding carboxylic acids is 1. The lowest BCUT2D eigenvalue weighted by molar-refractivity contribution is 0.0979. The van der Waals surface area contributed by atoms with Crippen molar-refractivity contribution < 1.29 is 19.0 Å². The predicted molar refractivity (Wildman–Crippen MR) is 114 cm³/mol. The van der Waals surface area contributed by atoms with Gasteiger partial charge in [-0.25, -0.2) is 9.78 Å². The van der Waals surface area contributed by atoms with E-state index < -0.39 is 0 Å². The zero-order chi connectivity index (χ0) is 20.3. The Labute approximate surface area is 176 Å². The summed E-state index contributed by atoms with van der Waals surface area (Å²) < 4.78 is 15.8. The van der Waals surface area contributed by atoms with Crippen molar-refractivity contribution >= 4 is 41.2 Å². The van der Waals surface area contributed by atoms with Gasteiger partial charge in [-0.2, -0.15) is 4.98 Å². The molecule has 1 aromatic heterocycles. The number of ether oxygens (including phenoxy) is 3. The van der Waals surface area contributed by atoms with E-state index in [0.717, 1.165) is 19.4 Å². The summed E-state index contributed by atoms with van der Waals surface area (Å²) in [7, 11) is 4.91. The van der Waals surface area contributed by atoms with Crippen molar-refractivity contribution in [3.05, 3.63) is 12.1 Å². The summed E-state index contributed by atoms with van der Waals surface area (Å²) >= 11 is 0. The van der Waals surface area contributed by atoms with Crippen molar-refractivity contribution in [2.75, 3.05) is 51.6 Å². The number of benzene rings is 1. The van der Waals surface area contributed by atoms with Gasteiger partial charge in [-0.3, -0.25) is 0 Å². The third-order valence-corrected chi connectivity index (χ3v) is 5.00. The highest BCUT2D eigenvalue weighted by Gasteiger charge is 2.28. The lowest BCUT2D eigenvalue weighted by atomic mass is 10.1. The van der Waals surface area contributed by atoms with Gasteiger partial charge in [0.15, 0.2) is 11.5 Å². The molecule has 1 unspecified atom stereocenters. The maximum absolute atomic E-state index is 12.1. The Hall–Kier alpha value is -2.68. The molecule has 1 fully saturated rings. The molecule has 0 spiro atoms. The summed E-state index contributed by atoms with van der Waals surface area (Å²) in [6.45, 7) is 3.57. The Morgan fingerprint density at radius 1 is 1.28 bits per heavy atom. The number of carbonyl (C=O) groups is 1. The number of halogens is 1. The fraction of sp³-hybridized carbons (Fsp3) is 0.526. The smallest absolute Gasteiger partial charge is 0.409 e. The Balaban J connectivity index is 0.00000300. The van der Waals surface area contributed by atoms with Gasteiger partial charge in [0.25, 0.3) is 0 Å². The first-order chi connectivity index (χ1) is 13.5. The number of hydrogen-bond donors (Lipinski definition) is 1. The van der Waals surface area contributed by atoms with Crippen LogP contribution in [0.25, 0.3) is 10.9 Å². The van der Waals surface area contributed by atoms with E-state index in [0.29, 0.717) is 47.3 Å². The number of likely N-dealkylation sites (N-methyl/N-ethyl adjacent to an activating group) is 1. The second-order valence-electron chi connectivity index (χ2n) is 6.69. The van der Waals surface area contributed by atoms with Gasteiger partial charge in [0.1, 0.15) is 5.82 Å². The van der Waals surface area contributed by atoms with E-state index in [2.05, 4.69) is 14.9 Å². The number of nitrogens with two attached hydrogens (primary N) is 1.